The molecule has 0 N–H and O–H groups in total. The van der Waals surface area contributed by atoms with Crippen molar-refractivity contribution < 1.29 is 9.59 Å². The first-order chi connectivity index (χ1) is 15.2. The first-order valence-electron chi connectivity index (χ1n) is 11.7. The normalized spacial score (nSPS) is 20.3. The van der Waals surface area contributed by atoms with Crippen LogP contribution in [0.4, 0.5) is 0 Å². The van der Waals surface area contributed by atoms with E-state index in [1.54, 1.807) is 41.6 Å². The van der Waals surface area contributed by atoms with Gasteiger partial charge < -0.3 is 9.80 Å². The third-order valence-corrected chi connectivity index (χ3v) is 6.73. The number of piperidine rings is 1. The van der Waals surface area contributed by atoms with Gasteiger partial charge in [0.2, 0.25) is 5.78 Å². The summed E-state index contributed by atoms with van der Waals surface area (Å²) in [5.41, 5.74) is 1.41. The van der Waals surface area contributed by atoms with Crippen LogP contribution in [0.1, 0.15) is 60.9 Å². The number of hydrogen-bond donors (Lipinski definition) is 0. The highest BCUT2D eigenvalue weighted by Gasteiger charge is 2.31. The number of likely N-dealkylation sites (tertiary alicyclic amines) is 1. The molecule has 1 atom stereocenters. The van der Waals surface area contributed by atoms with E-state index in [1.807, 2.05) is 18.2 Å². The first kappa shape index (κ1) is 21.7. The summed E-state index contributed by atoms with van der Waals surface area (Å²) in [5, 5.41) is 0. The van der Waals surface area contributed by atoms with E-state index in [2.05, 4.69) is 9.88 Å². The van der Waals surface area contributed by atoms with E-state index in [-0.39, 0.29) is 0 Å². The molecule has 1 aromatic heterocycles. The minimum Gasteiger partial charge on any atom is -0.331 e. The van der Waals surface area contributed by atoms with Crippen LogP contribution < -0.4 is 0 Å². The predicted octanol–water partition coefficient (Wildman–Crippen LogP) is 4.34. The first-order valence-corrected chi connectivity index (χ1v) is 11.7. The number of carbonyl (C=O) groups is 2. The topological polar surface area (TPSA) is 53.5 Å². The van der Waals surface area contributed by atoms with Crippen LogP contribution in [0, 0.1) is 5.92 Å². The smallest absolute Gasteiger partial charge is 0.295 e. The van der Waals surface area contributed by atoms with E-state index >= 15 is 0 Å². The van der Waals surface area contributed by atoms with Crippen LogP contribution in [-0.2, 0) is 11.3 Å². The third-order valence-electron chi connectivity index (χ3n) is 6.73. The van der Waals surface area contributed by atoms with Crippen molar-refractivity contribution in [2.45, 2.75) is 57.5 Å². The molecule has 1 amide bonds. The van der Waals surface area contributed by atoms with E-state index in [0.717, 1.165) is 18.5 Å². The molecular formula is C26H33N3O2. The Morgan fingerprint density at radius 3 is 2.52 bits per heavy atom. The Hall–Kier alpha value is -2.53. The second kappa shape index (κ2) is 10.7. The van der Waals surface area contributed by atoms with Crippen molar-refractivity contribution in [1.29, 1.82) is 0 Å². The maximum Gasteiger partial charge on any atom is 0.295 e. The zero-order chi connectivity index (χ0) is 21.5. The quantitative estimate of drug-likeness (QED) is 0.495. The van der Waals surface area contributed by atoms with Gasteiger partial charge in [0.15, 0.2) is 0 Å². The molecule has 1 aliphatic heterocycles. The van der Waals surface area contributed by atoms with E-state index in [1.165, 1.54) is 45.1 Å². The van der Waals surface area contributed by atoms with Gasteiger partial charge in [-0.15, -0.1) is 0 Å². The summed E-state index contributed by atoms with van der Waals surface area (Å²) in [6.07, 6.45) is 12.4. The van der Waals surface area contributed by atoms with Gasteiger partial charge in [-0.1, -0.05) is 55.7 Å². The number of ketones is 1. The Morgan fingerprint density at radius 1 is 0.968 bits per heavy atom. The number of nitrogens with zero attached hydrogens (tertiary/aromatic N) is 3. The Balaban J connectivity index is 1.47. The zero-order valence-electron chi connectivity index (χ0n) is 18.3. The summed E-state index contributed by atoms with van der Waals surface area (Å²) in [6, 6.07) is 13.4. The molecule has 1 aromatic carbocycles. The van der Waals surface area contributed by atoms with Gasteiger partial charge in [0.1, 0.15) is 0 Å². The molecule has 2 aliphatic rings. The largest absolute Gasteiger partial charge is 0.331 e. The molecule has 1 aliphatic carbocycles. The van der Waals surface area contributed by atoms with Gasteiger partial charge in [0.05, 0.1) is 0 Å². The Bertz CT molecular complexity index is 849. The predicted molar refractivity (Wildman–Crippen MR) is 122 cm³/mol. The highest BCUT2D eigenvalue weighted by atomic mass is 16.2. The number of Topliss-reactive ketones (excluding diaryl/α,β-unsaturated/α-hetero) is 1. The van der Waals surface area contributed by atoms with Crippen molar-refractivity contribution >= 4 is 11.7 Å². The molecular weight excluding hydrogens is 386 g/mol. The lowest BCUT2D eigenvalue weighted by Crippen LogP contribution is -2.48. The molecule has 2 aromatic rings. The number of pyridine rings is 1. The second-order valence-corrected chi connectivity index (χ2v) is 9.04. The van der Waals surface area contributed by atoms with E-state index in [4.69, 9.17) is 0 Å². The molecule has 1 saturated heterocycles. The number of amides is 1. The second-order valence-electron chi connectivity index (χ2n) is 9.04. The molecule has 31 heavy (non-hydrogen) atoms. The van der Waals surface area contributed by atoms with Crippen LogP contribution in [0.15, 0.2) is 54.9 Å². The summed E-state index contributed by atoms with van der Waals surface area (Å²) in [6.45, 7) is 3.24. The molecule has 5 heteroatoms. The SMILES string of the molecule is O=C(C(=O)N(Cc1cccnc1)CC1CCCN(C2CCCCC2)C1)c1ccccc1. The average Bonchev–Trinajstić information content (AvgIpc) is 2.84. The summed E-state index contributed by atoms with van der Waals surface area (Å²) in [5.74, 6) is -0.436. The number of aromatic nitrogens is 1. The Morgan fingerprint density at radius 2 is 1.77 bits per heavy atom. The molecule has 4 rings (SSSR count). The summed E-state index contributed by atoms with van der Waals surface area (Å²) in [7, 11) is 0. The van der Waals surface area contributed by atoms with E-state index in [9.17, 15) is 9.59 Å². The van der Waals surface area contributed by atoms with Crippen LogP contribution in [-0.4, -0.2) is 52.2 Å². The minimum atomic E-state index is -0.426. The van der Waals surface area contributed by atoms with Crippen molar-refractivity contribution in [3.05, 3.63) is 66.0 Å². The molecule has 5 nitrogen and oxygen atoms in total. The molecule has 0 spiro atoms. The van der Waals surface area contributed by atoms with Gasteiger partial charge in [0, 0.05) is 43.6 Å². The van der Waals surface area contributed by atoms with Gasteiger partial charge >= 0.3 is 0 Å². The van der Waals surface area contributed by atoms with Crippen LogP contribution in [0.3, 0.4) is 0 Å². The minimum absolute atomic E-state index is 0.403. The number of hydrogen-bond acceptors (Lipinski definition) is 4. The highest BCUT2D eigenvalue weighted by Crippen LogP contribution is 2.28. The standard InChI is InChI=1S/C26H33N3O2/c30-25(23-11-3-1-4-12-23)26(31)29(18-21-9-7-15-27-17-21)20-22-10-8-16-28(19-22)24-13-5-2-6-14-24/h1,3-4,7,9,11-12,15,17,22,24H,2,5-6,8,10,13-14,16,18-20H2. The lowest BCUT2D eigenvalue weighted by Gasteiger charge is -2.41. The molecule has 1 saturated carbocycles. The summed E-state index contributed by atoms with van der Waals surface area (Å²) in [4.78, 5) is 34.8. The lowest BCUT2D eigenvalue weighted by atomic mass is 9.90. The third kappa shape index (κ3) is 5.79. The van der Waals surface area contributed by atoms with Gasteiger partial charge in [-0.05, 0) is 49.8 Å². The molecule has 0 radical (unpaired) electrons. The molecule has 164 valence electrons. The average molecular weight is 420 g/mol. The van der Waals surface area contributed by atoms with Crippen LogP contribution >= 0.6 is 0 Å². The van der Waals surface area contributed by atoms with Crippen molar-refractivity contribution in [3.8, 4) is 0 Å². The molecule has 0 bridgehead atoms. The van der Waals surface area contributed by atoms with Gasteiger partial charge in [-0.2, -0.15) is 0 Å². The monoisotopic (exact) mass is 419 g/mol. The summed E-state index contributed by atoms with van der Waals surface area (Å²) < 4.78 is 0. The van der Waals surface area contributed by atoms with Crippen molar-refractivity contribution in [1.82, 2.24) is 14.8 Å². The highest BCUT2D eigenvalue weighted by molar-refractivity contribution is 6.42. The van der Waals surface area contributed by atoms with Crippen LogP contribution in [0.2, 0.25) is 0 Å². The van der Waals surface area contributed by atoms with Gasteiger partial charge in [0.25, 0.3) is 5.91 Å². The lowest BCUT2D eigenvalue weighted by molar-refractivity contribution is -0.128. The maximum absolute atomic E-state index is 13.2. The van der Waals surface area contributed by atoms with Gasteiger partial charge in [-0.25, -0.2) is 0 Å². The fourth-order valence-electron chi connectivity index (χ4n) is 5.12. The van der Waals surface area contributed by atoms with Crippen LogP contribution in [0.5, 0.6) is 0 Å². The summed E-state index contributed by atoms with van der Waals surface area (Å²) >= 11 is 0. The van der Waals surface area contributed by atoms with Gasteiger partial charge in [-0.3, -0.25) is 14.6 Å². The van der Waals surface area contributed by atoms with Crippen molar-refractivity contribution in [3.63, 3.8) is 0 Å². The zero-order valence-corrected chi connectivity index (χ0v) is 18.3. The molecule has 2 fully saturated rings. The number of rotatable bonds is 7. The molecule has 1 unspecified atom stereocenters. The van der Waals surface area contributed by atoms with E-state index < -0.39 is 11.7 Å². The molecule has 2 heterocycles. The fraction of sp³-hybridized carbons (Fsp3) is 0.500. The van der Waals surface area contributed by atoms with E-state index in [0.29, 0.717) is 30.6 Å². The Labute approximate surface area is 185 Å². The Kier molecular flexibility index (Phi) is 7.47. The fourth-order valence-corrected chi connectivity index (χ4v) is 5.12. The number of benzene rings is 1. The van der Waals surface area contributed by atoms with Crippen molar-refractivity contribution in [2.24, 2.45) is 5.92 Å². The number of carbonyl (C=O) groups excluding carboxylic acids is 2. The maximum atomic E-state index is 13.2. The van der Waals surface area contributed by atoms with Crippen LogP contribution in [0.25, 0.3) is 0 Å². The van der Waals surface area contributed by atoms with Crippen molar-refractivity contribution in [2.75, 3.05) is 19.6 Å².